The molecule has 10 heteroatoms. The molecule has 1 N–H and O–H groups in total. The first kappa shape index (κ1) is 31.1. The number of rotatable bonds is 12. The van der Waals surface area contributed by atoms with Gasteiger partial charge in [0, 0.05) is 17.6 Å². The lowest BCUT2D eigenvalue weighted by atomic mass is 10.1. The van der Waals surface area contributed by atoms with Crippen molar-refractivity contribution < 1.29 is 22.4 Å². The van der Waals surface area contributed by atoms with Crippen LogP contribution in [0.2, 0.25) is 5.02 Å². The Kier molecular flexibility index (Phi) is 10.7. The summed E-state index contributed by atoms with van der Waals surface area (Å²) in [5.41, 5.74) is 1.79. The highest BCUT2D eigenvalue weighted by Crippen LogP contribution is 2.26. The minimum atomic E-state index is -4.28. The number of nitrogens with one attached hydrogen (secondary N) is 1. The first-order chi connectivity index (χ1) is 19.0. The molecule has 0 fully saturated rings. The van der Waals surface area contributed by atoms with E-state index in [1.165, 1.54) is 4.90 Å². The van der Waals surface area contributed by atoms with Crippen molar-refractivity contribution in [2.45, 2.75) is 64.1 Å². The minimum Gasteiger partial charge on any atom is -0.352 e. The quantitative estimate of drug-likeness (QED) is 0.294. The van der Waals surface area contributed by atoms with Gasteiger partial charge in [0.15, 0.2) is 0 Å². The Labute approximate surface area is 241 Å². The molecule has 0 bridgehead atoms. The first-order valence-electron chi connectivity index (χ1n) is 13.2. The summed E-state index contributed by atoms with van der Waals surface area (Å²) in [6.07, 6.45) is 1.01. The Balaban J connectivity index is 2.06. The molecular formula is C30H35ClFN3O4S. The number of hydrogen-bond donors (Lipinski definition) is 1. The molecule has 0 saturated heterocycles. The molecule has 40 heavy (non-hydrogen) atoms. The molecule has 2 amide bonds. The van der Waals surface area contributed by atoms with E-state index in [4.69, 9.17) is 11.6 Å². The summed E-state index contributed by atoms with van der Waals surface area (Å²) in [6, 6.07) is 17.1. The van der Waals surface area contributed by atoms with E-state index in [1.54, 1.807) is 55.5 Å². The van der Waals surface area contributed by atoms with Gasteiger partial charge in [-0.1, -0.05) is 61.3 Å². The number of sulfonamides is 1. The van der Waals surface area contributed by atoms with Crippen LogP contribution in [-0.4, -0.2) is 43.8 Å². The Morgan fingerprint density at radius 3 is 2.15 bits per heavy atom. The topological polar surface area (TPSA) is 86.8 Å². The molecule has 0 heterocycles. The molecule has 0 aromatic heterocycles. The van der Waals surface area contributed by atoms with Gasteiger partial charge in [0.05, 0.1) is 10.6 Å². The van der Waals surface area contributed by atoms with Crippen molar-refractivity contribution in [2.24, 2.45) is 0 Å². The monoisotopic (exact) mass is 587 g/mol. The summed E-state index contributed by atoms with van der Waals surface area (Å²) >= 11 is 6.41. The standard InChI is InChI=1S/C30H35ClFN3O4S/c1-5-22(4)33-30(37)28(6-2)34(19-23-9-7-8-10-27(23)31)29(36)20-35(25-15-11-21(3)12-16-25)40(38,39)26-17-13-24(32)14-18-26/h7-18,22,28H,5-6,19-20H2,1-4H3,(H,33,37)/t22-,28+/m0/s1. The maximum absolute atomic E-state index is 14.0. The summed E-state index contributed by atoms with van der Waals surface area (Å²) in [4.78, 5) is 28.6. The number of anilines is 1. The second kappa shape index (κ2) is 13.8. The Morgan fingerprint density at radius 1 is 0.950 bits per heavy atom. The number of amides is 2. The van der Waals surface area contributed by atoms with Crippen molar-refractivity contribution in [2.75, 3.05) is 10.8 Å². The van der Waals surface area contributed by atoms with E-state index in [1.807, 2.05) is 20.8 Å². The molecule has 0 radical (unpaired) electrons. The molecule has 7 nitrogen and oxygen atoms in total. The molecule has 0 aliphatic rings. The van der Waals surface area contributed by atoms with Crippen LogP contribution in [-0.2, 0) is 26.2 Å². The van der Waals surface area contributed by atoms with Crippen LogP contribution in [0.4, 0.5) is 10.1 Å². The molecule has 3 rings (SSSR count). The van der Waals surface area contributed by atoms with E-state index in [9.17, 15) is 22.4 Å². The zero-order chi connectivity index (χ0) is 29.4. The molecule has 0 spiro atoms. The highest BCUT2D eigenvalue weighted by atomic mass is 35.5. The molecule has 0 aliphatic carbocycles. The molecule has 0 unspecified atom stereocenters. The second-order valence-corrected chi connectivity index (χ2v) is 11.9. The van der Waals surface area contributed by atoms with Gasteiger partial charge in [-0.05, 0) is 74.7 Å². The predicted octanol–water partition coefficient (Wildman–Crippen LogP) is 5.70. The summed E-state index contributed by atoms with van der Waals surface area (Å²) in [7, 11) is -4.28. The fourth-order valence-electron chi connectivity index (χ4n) is 4.14. The van der Waals surface area contributed by atoms with Crippen LogP contribution in [0.5, 0.6) is 0 Å². The average molecular weight is 588 g/mol. The van der Waals surface area contributed by atoms with Crippen molar-refractivity contribution in [3.8, 4) is 0 Å². The average Bonchev–Trinajstić information content (AvgIpc) is 2.93. The summed E-state index contributed by atoms with van der Waals surface area (Å²) in [6.45, 7) is 6.89. The van der Waals surface area contributed by atoms with Crippen LogP contribution in [0.15, 0.2) is 77.7 Å². The van der Waals surface area contributed by atoms with Gasteiger partial charge in [-0.3, -0.25) is 13.9 Å². The highest BCUT2D eigenvalue weighted by Gasteiger charge is 2.34. The number of aryl methyl sites for hydroxylation is 1. The van der Waals surface area contributed by atoms with Gasteiger partial charge in [0.25, 0.3) is 10.0 Å². The van der Waals surface area contributed by atoms with Gasteiger partial charge in [-0.15, -0.1) is 0 Å². The van der Waals surface area contributed by atoms with Crippen LogP contribution >= 0.6 is 11.6 Å². The van der Waals surface area contributed by atoms with Gasteiger partial charge < -0.3 is 10.2 Å². The predicted molar refractivity (Wildman–Crippen MR) is 156 cm³/mol. The van der Waals surface area contributed by atoms with E-state index < -0.39 is 34.3 Å². The highest BCUT2D eigenvalue weighted by molar-refractivity contribution is 7.92. The number of carbonyl (C=O) groups is 2. The van der Waals surface area contributed by atoms with Gasteiger partial charge in [0.2, 0.25) is 11.8 Å². The number of nitrogens with zero attached hydrogens (tertiary/aromatic N) is 2. The van der Waals surface area contributed by atoms with Crippen LogP contribution in [0.3, 0.4) is 0 Å². The lowest BCUT2D eigenvalue weighted by molar-refractivity contribution is -0.140. The summed E-state index contributed by atoms with van der Waals surface area (Å²) in [5, 5.41) is 3.36. The van der Waals surface area contributed by atoms with E-state index in [0.717, 1.165) is 34.1 Å². The second-order valence-electron chi connectivity index (χ2n) is 9.66. The molecular weight excluding hydrogens is 553 g/mol. The summed E-state index contributed by atoms with van der Waals surface area (Å²) in [5.74, 6) is -1.50. The van der Waals surface area contributed by atoms with Crippen molar-refractivity contribution in [1.82, 2.24) is 10.2 Å². The number of hydrogen-bond acceptors (Lipinski definition) is 4. The molecule has 3 aromatic carbocycles. The van der Waals surface area contributed by atoms with Gasteiger partial charge >= 0.3 is 0 Å². The fraction of sp³-hybridized carbons (Fsp3) is 0.333. The Hall–Kier alpha value is -3.43. The van der Waals surface area contributed by atoms with Gasteiger partial charge in [-0.2, -0.15) is 0 Å². The van der Waals surface area contributed by atoms with Crippen LogP contribution < -0.4 is 9.62 Å². The minimum absolute atomic E-state index is 0.00325. The van der Waals surface area contributed by atoms with E-state index in [2.05, 4.69) is 5.32 Å². The maximum Gasteiger partial charge on any atom is 0.264 e. The van der Waals surface area contributed by atoms with Crippen LogP contribution in [0.25, 0.3) is 0 Å². The number of benzene rings is 3. The number of carbonyl (C=O) groups excluding carboxylic acids is 2. The third kappa shape index (κ3) is 7.61. The Morgan fingerprint density at radius 2 is 1.57 bits per heavy atom. The SMILES string of the molecule is CC[C@H](C(=O)N[C@@H](C)CC)N(Cc1ccccc1Cl)C(=O)CN(c1ccc(C)cc1)S(=O)(=O)c1ccc(F)cc1. The molecule has 0 saturated carbocycles. The normalized spacial score (nSPS) is 12.8. The molecule has 214 valence electrons. The van der Waals surface area contributed by atoms with Crippen LogP contribution in [0, 0.1) is 12.7 Å². The van der Waals surface area contributed by atoms with Crippen molar-refractivity contribution in [3.05, 3.63) is 94.8 Å². The molecule has 3 aromatic rings. The van der Waals surface area contributed by atoms with Crippen molar-refractivity contribution in [3.63, 3.8) is 0 Å². The lowest BCUT2D eigenvalue weighted by Gasteiger charge is -2.34. The molecule has 0 aliphatic heterocycles. The zero-order valence-corrected chi connectivity index (χ0v) is 24.7. The van der Waals surface area contributed by atoms with Crippen molar-refractivity contribution in [1.29, 1.82) is 0 Å². The lowest BCUT2D eigenvalue weighted by Crippen LogP contribution is -2.53. The van der Waals surface area contributed by atoms with Crippen LogP contribution in [0.1, 0.15) is 44.7 Å². The van der Waals surface area contributed by atoms with Crippen molar-refractivity contribution >= 4 is 39.1 Å². The van der Waals surface area contributed by atoms with Gasteiger partial charge in [-0.25, -0.2) is 12.8 Å². The van der Waals surface area contributed by atoms with E-state index >= 15 is 0 Å². The van der Waals surface area contributed by atoms with Gasteiger partial charge in [0.1, 0.15) is 18.4 Å². The van der Waals surface area contributed by atoms with E-state index in [0.29, 0.717) is 23.4 Å². The smallest absolute Gasteiger partial charge is 0.264 e. The number of halogens is 2. The third-order valence-electron chi connectivity index (χ3n) is 6.69. The zero-order valence-electron chi connectivity index (χ0n) is 23.1. The summed E-state index contributed by atoms with van der Waals surface area (Å²) < 4.78 is 42.2. The largest absolute Gasteiger partial charge is 0.352 e. The third-order valence-corrected chi connectivity index (χ3v) is 8.84. The molecule has 2 atom stereocenters. The Bertz CT molecular complexity index is 1420. The fourth-order valence-corrected chi connectivity index (χ4v) is 5.75. The van der Waals surface area contributed by atoms with E-state index in [-0.39, 0.29) is 29.1 Å². The maximum atomic E-state index is 14.0. The first-order valence-corrected chi connectivity index (χ1v) is 15.0.